The van der Waals surface area contributed by atoms with Crippen molar-refractivity contribution >= 4 is 35.1 Å². The van der Waals surface area contributed by atoms with E-state index < -0.39 is 0 Å². The molecular weight excluding hydrogens is 473 g/mol. The van der Waals surface area contributed by atoms with Crippen LogP contribution in [0, 0.1) is 6.92 Å². The highest BCUT2D eigenvalue weighted by molar-refractivity contribution is 6.34. The number of hydrogen-bond acceptors (Lipinski definition) is 4. The van der Waals surface area contributed by atoms with E-state index in [1.165, 1.54) is 19.3 Å². The van der Waals surface area contributed by atoms with Gasteiger partial charge in [0.15, 0.2) is 0 Å². The second-order valence-corrected chi connectivity index (χ2v) is 9.92. The van der Waals surface area contributed by atoms with E-state index in [1.807, 2.05) is 6.92 Å². The SMILES string of the molecule is CCCCCCN(C(=O)NCC)C1CCN([C@H](C)CCNC(=O)c2c(C)cc(Cl)nc2Cl)CC1. The molecule has 2 rings (SSSR count). The van der Waals surface area contributed by atoms with E-state index in [0.29, 0.717) is 36.3 Å². The fourth-order valence-corrected chi connectivity index (χ4v) is 5.20. The van der Waals surface area contributed by atoms with Crippen molar-refractivity contribution in [3.63, 3.8) is 0 Å². The quantitative estimate of drug-likeness (QED) is 0.294. The van der Waals surface area contributed by atoms with Crippen LogP contribution in [0.25, 0.3) is 0 Å². The van der Waals surface area contributed by atoms with E-state index in [1.54, 1.807) is 13.0 Å². The molecule has 0 saturated carbocycles. The standard InChI is InChI=1S/C25H41Cl2N5O2/c1-5-7-8-9-14-32(25(34)28-6-2)20-11-15-31(16-12-20)19(4)10-13-29-24(33)22-18(3)17-21(26)30-23(22)27/h17,19-20H,5-16H2,1-4H3,(H,28,34)(H,29,33)/t19-/m1/s1. The van der Waals surface area contributed by atoms with Crippen LogP contribution < -0.4 is 10.6 Å². The zero-order chi connectivity index (χ0) is 25.1. The summed E-state index contributed by atoms with van der Waals surface area (Å²) in [7, 11) is 0. The lowest BCUT2D eigenvalue weighted by Crippen LogP contribution is -2.52. The minimum absolute atomic E-state index is 0.0684. The van der Waals surface area contributed by atoms with E-state index in [-0.39, 0.29) is 22.2 Å². The molecule has 0 aromatic carbocycles. The Morgan fingerprint density at radius 2 is 1.88 bits per heavy atom. The van der Waals surface area contributed by atoms with Gasteiger partial charge >= 0.3 is 6.03 Å². The summed E-state index contributed by atoms with van der Waals surface area (Å²) in [4.78, 5) is 33.7. The minimum Gasteiger partial charge on any atom is -0.352 e. The molecule has 0 radical (unpaired) electrons. The maximum Gasteiger partial charge on any atom is 0.317 e. The van der Waals surface area contributed by atoms with Crippen LogP contribution in [0.4, 0.5) is 4.79 Å². The number of carbonyl (C=O) groups excluding carboxylic acids is 2. The fourth-order valence-electron chi connectivity index (χ4n) is 4.58. The van der Waals surface area contributed by atoms with Crippen LogP contribution in [0.2, 0.25) is 10.3 Å². The Balaban J connectivity index is 1.81. The van der Waals surface area contributed by atoms with Gasteiger partial charge in [-0.2, -0.15) is 0 Å². The van der Waals surface area contributed by atoms with E-state index in [2.05, 4.69) is 39.3 Å². The van der Waals surface area contributed by atoms with Gasteiger partial charge in [0.2, 0.25) is 0 Å². The average molecular weight is 515 g/mol. The lowest BCUT2D eigenvalue weighted by atomic mass is 10.0. The minimum atomic E-state index is -0.224. The molecule has 9 heteroatoms. The van der Waals surface area contributed by atoms with Crippen molar-refractivity contribution in [2.45, 2.75) is 84.7 Å². The smallest absolute Gasteiger partial charge is 0.317 e. The zero-order valence-corrected chi connectivity index (χ0v) is 22.6. The van der Waals surface area contributed by atoms with Gasteiger partial charge in [0.25, 0.3) is 5.91 Å². The maximum atomic E-state index is 12.7. The van der Waals surface area contributed by atoms with Gasteiger partial charge in [-0.3, -0.25) is 4.79 Å². The molecule has 2 heterocycles. The van der Waals surface area contributed by atoms with Crippen molar-refractivity contribution in [2.24, 2.45) is 0 Å². The number of aromatic nitrogens is 1. The summed E-state index contributed by atoms with van der Waals surface area (Å²) in [6.45, 7) is 12.1. The van der Waals surface area contributed by atoms with Gasteiger partial charge in [0.1, 0.15) is 10.3 Å². The number of amides is 3. The molecule has 3 amide bonds. The first kappa shape index (κ1) is 28.7. The van der Waals surface area contributed by atoms with Crippen LogP contribution in [0.1, 0.15) is 81.6 Å². The van der Waals surface area contributed by atoms with Gasteiger partial charge in [-0.15, -0.1) is 0 Å². The average Bonchev–Trinajstić information content (AvgIpc) is 2.78. The number of carbonyl (C=O) groups is 2. The lowest BCUT2D eigenvalue weighted by molar-refractivity contribution is 0.0914. The van der Waals surface area contributed by atoms with Crippen molar-refractivity contribution in [3.05, 3.63) is 27.5 Å². The topological polar surface area (TPSA) is 77.6 Å². The summed E-state index contributed by atoms with van der Waals surface area (Å²) >= 11 is 12.0. The van der Waals surface area contributed by atoms with Crippen molar-refractivity contribution in [2.75, 3.05) is 32.7 Å². The Bertz CT molecular complexity index is 777. The molecule has 1 fully saturated rings. The third-order valence-electron chi connectivity index (χ3n) is 6.62. The predicted molar refractivity (Wildman–Crippen MR) is 140 cm³/mol. The van der Waals surface area contributed by atoms with Gasteiger partial charge in [0, 0.05) is 44.8 Å². The Hall–Kier alpha value is -1.57. The highest BCUT2D eigenvalue weighted by Crippen LogP contribution is 2.22. The van der Waals surface area contributed by atoms with E-state index in [9.17, 15) is 9.59 Å². The molecule has 7 nitrogen and oxygen atoms in total. The second kappa shape index (κ2) is 14.7. The van der Waals surface area contributed by atoms with E-state index in [4.69, 9.17) is 23.2 Å². The number of rotatable bonds is 12. The first-order valence-corrected chi connectivity index (χ1v) is 13.4. The molecule has 0 unspecified atom stereocenters. The summed E-state index contributed by atoms with van der Waals surface area (Å²) in [5.41, 5.74) is 1.09. The number of hydrogen-bond donors (Lipinski definition) is 2. The largest absolute Gasteiger partial charge is 0.352 e. The zero-order valence-electron chi connectivity index (χ0n) is 21.1. The number of halogens is 2. The number of unbranched alkanes of at least 4 members (excludes halogenated alkanes) is 3. The molecule has 0 bridgehead atoms. The number of aryl methyl sites for hydroxylation is 1. The predicted octanol–water partition coefficient (Wildman–Crippen LogP) is 5.28. The number of likely N-dealkylation sites (tertiary alicyclic amines) is 1. The van der Waals surface area contributed by atoms with Gasteiger partial charge in [-0.1, -0.05) is 49.4 Å². The molecule has 0 aliphatic carbocycles. The van der Waals surface area contributed by atoms with Gasteiger partial charge in [-0.05, 0) is 58.1 Å². The maximum absolute atomic E-state index is 12.7. The van der Waals surface area contributed by atoms with Crippen molar-refractivity contribution < 1.29 is 9.59 Å². The van der Waals surface area contributed by atoms with Crippen LogP contribution in [-0.4, -0.2) is 71.5 Å². The van der Waals surface area contributed by atoms with Crippen molar-refractivity contribution in [1.82, 2.24) is 25.4 Å². The summed E-state index contributed by atoms with van der Waals surface area (Å²) in [6.07, 6.45) is 7.45. The molecule has 192 valence electrons. The normalized spacial score (nSPS) is 15.7. The fraction of sp³-hybridized carbons (Fsp3) is 0.720. The summed E-state index contributed by atoms with van der Waals surface area (Å²) in [6, 6.07) is 2.34. The highest BCUT2D eigenvalue weighted by atomic mass is 35.5. The molecule has 1 aromatic rings. The molecule has 0 spiro atoms. The Morgan fingerprint density at radius 3 is 2.50 bits per heavy atom. The molecule has 1 atom stereocenters. The number of nitrogens with one attached hydrogen (secondary N) is 2. The van der Waals surface area contributed by atoms with Gasteiger partial charge in [-0.25, -0.2) is 9.78 Å². The van der Waals surface area contributed by atoms with Crippen LogP contribution in [0.15, 0.2) is 6.07 Å². The van der Waals surface area contributed by atoms with Crippen LogP contribution in [0.3, 0.4) is 0 Å². The Morgan fingerprint density at radius 1 is 1.18 bits per heavy atom. The summed E-state index contributed by atoms with van der Waals surface area (Å²) < 4.78 is 0. The monoisotopic (exact) mass is 513 g/mol. The van der Waals surface area contributed by atoms with Crippen LogP contribution in [-0.2, 0) is 0 Å². The van der Waals surface area contributed by atoms with Crippen LogP contribution >= 0.6 is 23.2 Å². The van der Waals surface area contributed by atoms with Crippen molar-refractivity contribution in [3.8, 4) is 0 Å². The highest BCUT2D eigenvalue weighted by Gasteiger charge is 2.29. The summed E-state index contributed by atoms with van der Waals surface area (Å²) in [5.74, 6) is -0.224. The molecule has 1 saturated heterocycles. The first-order chi connectivity index (χ1) is 16.3. The number of urea groups is 1. The summed E-state index contributed by atoms with van der Waals surface area (Å²) in [5, 5.41) is 6.37. The lowest BCUT2D eigenvalue weighted by Gasteiger charge is -2.40. The molecule has 2 N–H and O–H groups in total. The molecular formula is C25H41Cl2N5O2. The number of nitrogens with zero attached hydrogens (tertiary/aromatic N) is 3. The Kier molecular flexibility index (Phi) is 12.4. The second-order valence-electron chi connectivity index (χ2n) is 9.18. The number of piperidine rings is 1. The number of pyridine rings is 1. The molecule has 1 aliphatic heterocycles. The molecule has 1 aliphatic rings. The third kappa shape index (κ3) is 8.58. The van der Waals surface area contributed by atoms with Crippen molar-refractivity contribution in [1.29, 1.82) is 0 Å². The molecule has 1 aromatic heterocycles. The van der Waals surface area contributed by atoms with Crippen LogP contribution in [0.5, 0.6) is 0 Å². The molecule has 34 heavy (non-hydrogen) atoms. The third-order valence-corrected chi connectivity index (χ3v) is 7.09. The van der Waals surface area contributed by atoms with Gasteiger partial charge < -0.3 is 20.4 Å². The van der Waals surface area contributed by atoms with E-state index >= 15 is 0 Å². The van der Waals surface area contributed by atoms with E-state index in [0.717, 1.165) is 45.3 Å². The van der Waals surface area contributed by atoms with Gasteiger partial charge in [0.05, 0.1) is 5.56 Å². The first-order valence-electron chi connectivity index (χ1n) is 12.7. The Labute approximate surface area is 214 Å².